The number of rotatable bonds is 6. The van der Waals surface area contributed by atoms with Crippen molar-refractivity contribution in [2.45, 2.75) is 0 Å². The second kappa shape index (κ2) is 8.66. The molecule has 0 spiro atoms. The van der Waals surface area contributed by atoms with E-state index in [1.165, 1.54) is 35.5 Å². The average Bonchev–Trinajstić information content (AvgIpc) is 2.76. The molecule has 0 fully saturated rings. The van der Waals surface area contributed by atoms with E-state index < -0.39 is 11.5 Å². The average molecular weight is 478 g/mol. The highest BCUT2D eigenvalue weighted by molar-refractivity contribution is 9.10. The zero-order chi connectivity index (χ0) is 22.0. The summed E-state index contributed by atoms with van der Waals surface area (Å²) in [5.41, 5.74) is 0.573. The monoisotopic (exact) mass is 477 g/mol. The van der Waals surface area contributed by atoms with Crippen molar-refractivity contribution in [3.05, 3.63) is 44.8 Å². The van der Waals surface area contributed by atoms with Crippen molar-refractivity contribution in [1.29, 1.82) is 0 Å². The lowest BCUT2D eigenvalue weighted by Crippen LogP contribution is -2.17. The molecule has 3 rings (SSSR count). The summed E-state index contributed by atoms with van der Waals surface area (Å²) in [6, 6.07) is 6.68. The van der Waals surface area contributed by atoms with Gasteiger partial charge in [0.2, 0.25) is 0 Å². The van der Waals surface area contributed by atoms with Crippen molar-refractivity contribution in [3.8, 4) is 34.1 Å². The first-order chi connectivity index (χ1) is 14.4. The van der Waals surface area contributed by atoms with Gasteiger partial charge in [0.15, 0.2) is 23.0 Å². The van der Waals surface area contributed by atoms with E-state index in [-0.39, 0.29) is 5.69 Å². The van der Waals surface area contributed by atoms with Gasteiger partial charge in [-0.15, -0.1) is 0 Å². The third kappa shape index (κ3) is 3.56. The van der Waals surface area contributed by atoms with Crippen LogP contribution in [-0.4, -0.2) is 46.5 Å². The molecule has 30 heavy (non-hydrogen) atoms. The maximum atomic E-state index is 12.7. The number of halogens is 1. The van der Waals surface area contributed by atoms with Gasteiger partial charge < -0.3 is 28.7 Å². The van der Waals surface area contributed by atoms with Crippen molar-refractivity contribution in [2.24, 2.45) is 0 Å². The number of methoxy groups -OCH3 is 5. The molecule has 0 unspecified atom stereocenters. The second-order valence-electron chi connectivity index (χ2n) is 6.14. The molecular weight excluding hydrogens is 458 g/mol. The molecule has 1 heterocycles. The minimum atomic E-state index is -0.690. The van der Waals surface area contributed by atoms with Gasteiger partial charge in [-0.25, -0.2) is 4.79 Å². The number of H-pyrrole nitrogens is 1. The lowest BCUT2D eigenvalue weighted by Gasteiger charge is -2.17. The quantitative estimate of drug-likeness (QED) is 0.539. The molecule has 0 radical (unpaired) electrons. The summed E-state index contributed by atoms with van der Waals surface area (Å²) in [5, 5.41) is 0.803. The lowest BCUT2D eigenvalue weighted by atomic mass is 9.96. The van der Waals surface area contributed by atoms with E-state index in [2.05, 4.69) is 20.9 Å². The number of aromatic nitrogens is 1. The number of aromatic amines is 1. The van der Waals surface area contributed by atoms with Gasteiger partial charge in [0.1, 0.15) is 5.69 Å². The molecule has 0 aliphatic rings. The first kappa shape index (κ1) is 21.5. The van der Waals surface area contributed by atoms with Crippen molar-refractivity contribution in [3.63, 3.8) is 0 Å². The fraction of sp³-hybridized carbons (Fsp3) is 0.238. The Bertz CT molecular complexity index is 1190. The highest BCUT2D eigenvalue weighted by atomic mass is 79.9. The highest BCUT2D eigenvalue weighted by Gasteiger charge is 2.23. The number of hydrogen-bond acceptors (Lipinski definition) is 7. The topological polar surface area (TPSA) is 96.1 Å². The third-order valence-electron chi connectivity index (χ3n) is 4.64. The molecule has 0 saturated heterocycles. The van der Waals surface area contributed by atoms with Crippen LogP contribution in [0.4, 0.5) is 0 Å². The van der Waals surface area contributed by atoms with Crippen LogP contribution in [0.1, 0.15) is 10.5 Å². The van der Waals surface area contributed by atoms with E-state index in [4.69, 9.17) is 23.7 Å². The Balaban J connectivity index is 2.50. The summed E-state index contributed by atoms with van der Waals surface area (Å²) in [5.74, 6) is 1.05. The first-order valence-electron chi connectivity index (χ1n) is 8.72. The Kier molecular flexibility index (Phi) is 6.21. The summed E-state index contributed by atoms with van der Waals surface area (Å²) >= 11 is 3.47. The molecule has 0 bridgehead atoms. The molecule has 0 atom stereocenters. The summed E-state index contributed by atoms with van der Waals surface area (Å²) in [7, 11) is 7.24. The highest BCUT2D eigenvalue weighted by Crippen LogP contribution is 2.43. The van der Waals surface area contributed by atoms with Gasteiger partial charge in [-0.3, -0.25) is 4.79 Å². The van der Waals surface area contributed by atoms with Gasteiger partial charge in [-0.2, -0.15) is 0 Å². The summed E-state index contributed by atoms with van der Waals surface area (Å²) < 4.78 is 27.0. The van der Waals surface area contributed by atoms with Crippen molar-refractivity contribution in [1.82, 2.24) is 4.98 Å². The van der Waals surface area contributed by atoms with E-state index >= 15 is 0 Å². The van der Waals surface area contributed by atoms with Crippen LogP contribution in [0.25, 0.3) is 21.9 Å². The number of carbonyl (C=O) groups excluding carboxylic acids is 1. The number of esters is 1. The summed E-state index contributed by atoms with van der Waals surface area (Å²) in [4.78, 5) is 27.9. The predicted molar refractivity (Wildman–Crippen MR) is 115 cm³/mol. The van der Waals surface area contributed by atoms with Crippen LogP contribution in [0, 0.1) is 0 Å². The van der Waals surface area contributed by atoms with E-state index in [9.17, 15) is 9.59 Å². The number of ether oxygens (including phenoxy) is 5. The largest absolute Gasteiger partial charge is 0.493 e. The van der Waals surface area contributed by atoms with Gasteiger partial charge in [0.25, 0.3) is 5.56 Å². The molecule has 9 heteroatoms. The molecule has 1 N–H and O–H groups in total. The third-order valence-corrected chi connectivity index (χ3v) is 5.23. The Morgan fingerprint density at radius 3 is 1.97 bits per heavy atom. The van der Waals surface area contributed by atoms with Crippen LogP contribution in [0.15, 0.2) is 33.5 Å². The number of carbonyl (C=O) groups is 1. The molecule has 3 aromatic rings. The molecule has 158 valence electrons. The maximum absolute atomic E-state index is 12.7. The van der Waals surface area contributed by atoms with Gasteiger partial charge in [-0.05, 0) is 45.8 Å². The molecule has 8 nitrogen and oxygen atoms in total. The van der Waals surface area contributed by atoms with Crippen LogP contribution in [0.3, 0.4) is 0 Å². The fourth-order valence-electron chi connectivity index (χ4n) is 3.27. The number of fused-ring (bicyclic) bond motifs is 1. The fourth-order valence-corrected chi connectivity index (χ4v) is 3.87. The first-order valence-corrected chi connectivity index (χ1v) is 9.51. The Morgan fingerprint density at radius 1 is 0.833 bits per heavy atom. The van der Waals surface area contributed by atoms with Gasteiger partial charge in [0.05, 0.1) is 45.4 Å². The standard InChI is InChI=1S/C21H20BrNO7/c1-26-14-8-11-12(9-15(14)27-2)20(24)23-18(21(25)30-5)17(11)10-6-13(22)19(29-4)16(7-10)28-3/h6-9H,1-5H3,(H,23,24). The SMILES string of the molecule is COC(=O)c1[nH]c(=O)c2cc(OC)c(OC)cc2c1-c1cc(Br)c(OC)c(OC)c1. The molecule has 0 saturated carbocycles. The number of pyridine rings is 1. The van der Waals surface area contributed by atoms with Crippen LogP contribution in [0.2, 0.25) is 0 Å². The van der Waals surface area contributed by atoms with Crippen LogP contribution in [-0.2, 0) is 4.74 Å². The maximum Gasteiger partial charge on any atom is 0.355 e. The summed E-state index contributed by atoms with van der Waals surface area (Å²) in [6.07, 6.45) is 0. The van der Waals surface area contributed by atoms with Crippen molar-refractivity contribution < 1.29 is 28.5 Å². The summed E-state index contributed by atoms with van der Waals surface area (Å²) in [6.45, 7) is 0. The zero-order valence-corrected chi connectivity index (χ0v) is 18.6. The molecular formula is C21H20BrNO7. The zero-order valence-electron chi connectivity index (χ0n) is 17.0. The molecule has 2 aromatic carbocycles. The number of nitrogens with one attached hydrogen (secondary N) is 1. The van der Waals surface area contributed by atoms with E-state index in [1.54, 1.807) is 24.3 Å². The van der Waals surface area contributed by atoms with Crippen LogP contribution in [0.5, 0.6) is 23.0 Å². The second-order valence-corrected chi connectivity index (χ2v) is 7.00. The number of benzene rings is 2. The van der Waals surface area contributed by atoms with E-state index in [0.29, 0.717) is 49.4 Å². The van der Waals surface area contributed by atoms with Gasteiger partial charge in [0, 0.05) is 10.9 Å². The van der Waals surface area contributed by atoms with Gasteiger partial charge >= 0.3 is 5.97 Å². The van der Waals surface area contributed by atoms with Crippen molar-refractivity contribution >= 4 is 32.7 Å². The lowest BCUT2D eigenvalue weighted by molar-refractivity contribution is 0.0595. The Labute approximate surface area is 180 Å². The van der Waals surface area contributed by atoms with Gasteiger partial charge in [-0.1, -0.05) is 0 Å². The van der Waals surface area contributed by atoms with Crippen LogP contribution < -0.4 is 24.5 Å². The Hall–Kier alpha value is -3.20. The van der Waals surface area contributed by atoms with E-state index in [0.717, 1.165) is 0 Å². The van der Waals surface area contributed by atoms with E-state index in [1.807, 2.05) is 0 Å². The Morgan fingerprint density at radius 2 is 1.43 bits per heavy atom. The molecule has 0 aliphatic heterocycles. The molecule has 0 amide bonds. The molecule has 1 aromatic heterocycles. The normalized spacial score (nSPS) is 10.6. The predicted octanol–water partition coefficient (Wildman–Crippen LogP) is 3.78. The minimum Gasteiger partial charge on any atom is -0.493 e. The smallest absolute Gasteiger partial charge is 0.355 e. The van der Waals surface area contributed by atoms with Crippen molar-refractivity contribution in [2.75, 3.05) is 35.5 Å². The van der Waals surface area contributed by atoms with Crippen LogP contribution >= 0.6 is 15.9 Å². The minimum absolute atomic E-state index is 0.00124. The number of hydrogen-bond donors (Lipinski definition) is 1. The molecule has 0 aliphatic carbocycles.